The number of rotatable bonds is 2. The van der Waals surface area contributed by atoms with Gasteiger partial charge in [0.25, 0.3) is 0 Å². The average Bonchev–Trinajstić information content (AvgIpc) is 2.35. The zero-order valence-electron chi connectivity index (χ0n) is 8.74. The first-order valence-electron chi connectivity index (χ1n) is 4.91. The van der Waals surface area contributed by atoms with Gasteiger partial charge in [0.15, 0.2) is 0 Å². The summed E-state index contributed by atoms with van der Waals surface area (Å²) in [5, 5.41) is 12.0. The van der Waals surface area contributed by atoms with Crippen molar-refractivity contribution >= 4 is 43.2 Å². The van der Waals surface area contributed by atoms with Crippen molar-refractivity contribution in [3.63, 3.8) is 0 Å². The molecule has 0 saturated heterocycles. The molecule has 2 rings (SSSR count). The highest BCUT2D eigenvalue weighted by Gasteiger charge is 2.01. The molecule has 0 fully saturated rings. The van der Waals surface area contributed by atoms with Crippen LogP contribution in [-0.4, -0.2) is 0 Å². The number of nitrogens with zero attached hydrogens (tertiary/aromatic N) is 1. The minimum absolute atomic E-state index is 0.656. The van der Waals surface area contributed by atoms with Crippen molar-refractivity contribution in [2.24, 2.45) is 0 Å². The molecule has 0 bridgehead atoms. The summed E-state index contributed by atoms with van der Waals surface area (Å²) in [5.74, 6) is 0. The number of nitrogens with one attached hydrogen (secondary N) is 1. The van der Waals surface area contributed by atoms with E-state index in [0.29, 0.717) is 5.56 Å². The molecule has 0 amide bonds. The number of halogens is 2. The molecular formula is C13H8Br2N2. The first kappa shape index (κ1) is 12.2. The topological polar surface area (TPSA) is 35.8 Å². The Kier molecular flexibility index (Phi) is 3.82. The van der Waals surface area contributed by atoms with Crippen LogP contribution in [0.3, 0.4) is 0 Å². The molecule has 2 aromatic carbocycles. The van der Waals surface area contributed by atoms with Crippen LogP contribution < -0.4 is 5.32 Å². The summed E-state index contributed by atoms with van der Waals surface area (Å²) >= 11 is 6.91. The summed E-state index contributed by atoms with van der Waals surface area (Å²) in [6, 6.07) is 15.4. The number of benzene rings is 2. The number of hydrogen-bond donors (Lipinski definition) is 1. The third-order valence-electron chi connectivity index (χ3n) is 2.22. The summed E-state index contributed by atoms with van der Waals surface area (Å²) in [6.45, 7) is 0. The molecule has 0 heterocycles. The van der Waals surface area contributed by atoms with Crippen LogP contribution in [0.5, 0.6) is 0 Å². The van der Waals surface area contributed by atoms with Gasteiger partial charge >= 0.3 is 0 Å². The zero-order valence-corrected chi connectivity index (χ0v) is 11.9. The Hall–Kier alpha value is -1.31. The summed E-state index contributed by atoms with van der Waals surface area (Å²) in [4.78, 5) is 0. The number of anilines is 2. The Morgan fingerprint density at radius 3 is 2.35 bits per heavy atom. The lowest BCUT2D eigenvalue weighted by Gasteiger charge is -2.09. The normalized spacial score (nSPS) is 9.71. The summed E-state index contributed by atoms with van der Waals surface area (Å²) in [7, 11) is 0. The molecule has 84 valence electrons. The molecule has 17 heavy (non-hydrogen) atoms. The van der Waals surface area contributed by atoms with Gasteiger partial charge in [0.1, 0.15) is 0 Å². The Morgan fingerprint density at radius 1 is 1.00 bits per heavy atom. The molecule has 0 aliphatic rings. The minimum atomic E-state index is 0.656. The van der Waals surface area contributed by atoms with E-state index in [9.17, 15) is 0 Å². The second kappa shape index (κ2) is 5.35. The van der Waals surface area contributed by atoms with E-state index in [1.165, 1.54) is 0 Å². The van der Waals surface area contributed by atoms with Crippen molar-refractivity contribution in [1.82, 2.24) is 0 Å². The Morgan fingerprint density at radius 2 is 1.71 bits per heavy atom. The molecule has 0 aliphatic carbocycles. The lowest BCUT2D eigenvalue weighted by Crippen LogP contribution is -1.91. The van der Waals surface area contributed by atoms with E-state index in [1.807, 2.05) is 30.3 Å². The van der Waals surface area contributed by atoms with Crippen LogP contribution in [0.25, 0.3) is 0 Å². The average molecular weight is 352 g/mol. The maximum atomic E-state index is 8.71. The van der Waals surface area contributed by atoms with Crippen LogP contribution in [0.4, 0.5) is 11.4 Å². The van der Waals surface area contributed by atoms with E-state index in [1.54, 1.807) is 12.1 Å². The van der Waals surface area contributed by atoms with Crippen LogP contribution in [-0.2, 0) is 0 Å². The molecule has 0 aliphatic heterocycles. The standard InChI is InChI=1S/C13H8Br2N2/c14-10-3-6-12(15)13(7-10)17-11-4-1-9(8-16)2-5-11/h1-7,17H. The van der Waals surface area contributed by atoms with Crippen molar-refractivity contribution < 1.29 is 0 Å². The largest absolute Gasteiger partial charge is 0.355 e. The van der Waals surface area contributed by atoms with Crippen molar-refractivity contribution in [3.8, 4) is 6.07 Å². The molecule has 4 heteroatoms. The highest BCUT2D eigenvalue weighted by Crippen LogP contribution is 2.28. The van der Waals surface area contributed by atoms with E-state index in [4.69, 9.17) is 5.26 Å². The molecule has 0 saturated carbocycles. The van der Waals surface area contributed by atoms with Gasteiger partial charge in [-0.1, -0.05) is 15.9 Å². The molecule has 0 spiro atoms. The second-order valence-electron chi connectivity index (χ2n) is 3.44. The fraction of sp³-hybridized carbons (Fsp3) is 0. The predicted molar refractivity (Wildman–Crippen MR) is 76.3 cm³/mol. The maximum absolute atomic E-state index is 8.71. The third-order valence-corrected chi connectivity index (χ3v) is 3.41. The predicted octanol–water partition coefficient (Wildman–Crippen LogP) is 4.83. The van der Waals surface area contributed by atoms with Crippen molar-refractivity contribution in [3.05, 3.63) is 57.0 Å². The van der Waals surface area contributed by atoms with Gasteiger partial charge in [-0.15, -0.1) is 0 Å². The summed E-state index contributed by atoms with van der Waals surface area (Å²) in [6.07, 6.45) is 0. The Labute approximate surface area is 117 Å². The van der Waals surface area contributed by atoms with Crippen molar-refractivity contribution in [1.29, 1.82) is 5.26 Å². The van der Waals surface area contributed by atoms with Crippen LogP contribution in [0.15, 0.2) is 51.4 Å². The monoisotopic (exact) mass is 350 g/mol. The van der Waals surface area contributed by atoms with Crippen LogP contribution in [0.2, 0.25) is 0 Å². The third kappa shape index (κ3) is 3.09. The highest BCUT2D eigenvalue weighted by atomic mass is 79.9. The van der Waals surface area contributed by atoms with Gasteiger partial charge in [0, 0.05) is 14.6 Å². The van der Waals surface area contributed by atoms with Gasteiger partial charge in [-0.25, -0.2) is 0 Å². The zero-order chi connectivity index (χ0) is 12.3. The highest BCUT2D eigenvalue weighted by molar-refractivity contribution is 9.11. The SMILES string of the molecule is N#Cc1ccc(Nc2cc(Br)ccc2Br)cc1. The molecule has 2 nitrogen and oxygen atoms in total. The summed E-state index contributed by atoms with van der Waals surface area (Å²) < 4.78 is 2.00. The maximum Gasteiger partial charge on any atom is 0.0991 e. The van der Waals surface area contributed by atoms with Crippen molar-refractivity contribution in [2.75, 3.05) is 5.32 Å². The molecule has 0 atom stereocenters. The van der Waals surface area contributed by atoms with Crippen LogP contribution >= 0.6 is 31.9 Å². The lowest BCUT2D eigenvalue weighted by molar-refractivity contribution is 1.47. The van der Waals surface area contributed by atoms with Crippen molar-refractivity contribution in [2.45, 2.75) is 0 Å². The smallest absolute Gasteiger partial charge is 0.0991 e. The Balaban J connectivity index is 2.25. The molecule has 2 aromatic rings. The van der Waals surface area contributed by atoms with Crippen LogP contribution in [0.1, 0.15) is 5.56 Å². The molecular weight excluding hydrogens is 344 g/mol. The van der Waals surface area contributed by atoms with E-state index in [2.05, 4.69) is 43.2 Å². The first-order chi connectivity index (χ1) is 8.19. The second-order valence-corrected chi connectivity index (χ2v) is 5.21. The van der Waals surface area contributed by atoms with E-state index < -0.39 is 0 Å². The fourth-order valence-corrected chi connectivity index (χ4v) is 2.08. The van der Waals surface area contributed by atoms with E-state index in [-0.39, 0.29) is 0 Å². The first-order valence-corrected chi connectivity index (χ1v) is 6.50. The van der Waals surface area contributed by atoms with Gasteiger partial charge in [-0.3, -0.25) is 0 Å². The Bertz CT molecular complexity index is 571. The molecule has 1 N–H and O–H groups in total. The van der Waals surface area contributed by atoms with Gasteiger partial charge in [0.2, 0.25) is 0 Å². The molecule has 0 radical (unpaired) electrons. The summed E-state index contributed by atoms with van der Waals surface area (Å²) in [5.41, 5.74) is 2.58. The quantitative estimate of drug-likeness (QED) is 0.841. The lowest BCUT2D eigenvalue weighted by atomic mass is 10.2. The van der Waals surface area contributed by atoms with Gasteiger partial charge in [-0.05, 0) is 58.4 Å². The minimum Gasteiger partial charge on any atom is -0.355 e. The van der Waals surface area contributed by atoms with E-state index >= 15 is 0 Å². The fourth-order valence-electron chi connectivity index (χ4n) is 1.38. The number of nitriles is 1. The molecule has 0 aromatic heterocycles. The van der Waals surface area contributed by atoms with Gasteiger partial charge in [0.05, 0.1) is 17.3 Å². The van der Waals surface area contributed by atoms with Gasteiger partial charge in [-0.2, -0.15) is 5.26 Å². The molecule has 0 unspecified atom stereocenters. The van der Waals surface area contributed by atoms with Gasteiger partial charge < -0.3 is 5.32 Å². The number of hydrogen-bond acceptors (Lipinski definition) is 2. The van der Waals surface area contributed by atoms with E-state index in [0.717, 1.165) is 20.3 Å². The van der Waals surface area contributed by atoms with Crippen LogP contribution in [0, 0.1) is 11.3 Å².